The molecule has 1 amide bonds. The Hall–Kier alpha value is -1.58. The molecule has 2 heterocycles. The molecule has 4 nitrogen and oxygen atoms in total. The van der Waals surface area contributed by atoms with Crippen LogP contribution in [0.3, 0.4) is 0 Å². The van der Waals surface area contributed by atoms with Crippen molar-refractivity contribution in [3.8, 4) is 0 Å². The van der Waals surface area contributed by atoms with Gasteiger partial charge in [-0.1, -0.05) is 13.8 Å². The molecular weight excluding hydrogens is 350 g/mol. The summed E-state index contributed by atoms with van der Waals surface area (Å²) >= 11 is 0. The van der Waals surface area contributed by atoms with Gasteiger partial charge in [-0.2, -0.15) is 0 Å². The number of hydrogen-bond acceptors (Lipinski definition) is 3. The average Bonchev–Trinajstić information content (AvgIpc) is 3.32. The Bertz CT molecular complexity index is 786. The summed E-state index contributed by atoms with van der Waals surface area (Å²) in [7, 11) is 2.02. The summed E-state index contributed by atoms with van der Waals surface area (Å²) in [6, 6.07) is 4.05. The lowest BCUT2D eigenvalue weighted by atomic mass is 9.46. The fourth-order valence-electron chi connectivity index (χ4n) is 8.17. The van der Waals surface area contributed by atoms with Gasteiger partial charge in [0.25, 0.3) is 0 Å². The van der Waals surface area contributed by atoms with Gasteiger partial charge >= 0.3 is 0 Å². The summed E-state index contributed by atoms with van der Waals surface area (Å²) in [4.78, 5) is 27.5. The third-order valence-electron chi connectivity index (χ3n) is 9.64. The number of likely N-dealkylation sites (tertiary alicyclic amines) is 1. The van der Waals surface area contributed by atoms with Crippen LogP contribution in [0.25, 0.3) is 0 Å². The molecule has 0 radical (unpaired) electrons. The minimum Gasteiger partial charge on any atom is -0.461 e. The van der Waals surface area contributed by atoms with Gasteiger partial charge in [0.05, 0.1) is 6.26 Å². The summed E-state index contributed by atoms with van der Waals surface area (Å²) in [5, 5.41) is 0. The van der Waals surface area contributed by atoms with Crippen molar-refractivity contribution in [1.82, 2.24) is 4.90 Å². The number of piperidine rings is 1. The molecule has 1 saturated heterocycles. The van der Waals surface area contributed by atoms with Gasteiger partial charge in [-0.15, -0.1) is 0 Å². The molecule has 4 fully saturated rings. The van der Waals surface area contributed by atoms with Crippen LogP contribution < -0.4 is 0 Å². The highest BCUT2D eigenvalue weighted by Gasteiger charge is 2.62. The molecule has 152 valence electrons. The Labute approximate surface area is 168 Å². The third kappa shape index (κ3) is 2.35. The van der Waals surface area contributed by atoms with Crippen molar-refractivity contribution < 1.29 is 14.0 Å². The molecule has 0 spiro atoms. The molecule has 0 N–H and O–H groups in total. The van der Waals surface area contributed by atoms with Crippen molar-refractivity contribution >= 4 is 11.7 Å². The summed E-state index contributed by atoms with van der Waals surface area (Å²) in [6.07, 6.45) is 10.2. The van der Waals surface area contributed by atoms with Crippen LogP contribution in [-0.4, -0.2) is 29.7 Å². The van der Waals surface area contributed by atoms with E-state index in [4.69, 9.17) is 4.42 Å². The number of amides is 1. The van der Waals surface area contributed by atoms with Crippen molar-refractivity contribution in [2.45, 2.75) is 71.3 Å². The molecule has 4 heteroatoms. The predicted molar refractivity (Wildman–Crippen MR) is 107 cm³/mol. The Morgan fingerprint density at radius 3 is 2.61 bits per heavy atom. The zero-order chi connectivity index (χ0) is 19.7. The van der Waals surface area contributed by atoms with Gasteiger partial charge in [-0.05, 0) is 85.7 Å². The largest absolute Gasteiger partial charge is 0.461 e. The van der Waals surface area contributed by atoms with Crippen LogP contribution in [0.4, 0.5) is 0 Å². The van der Waals surface area contributed by atoms with Crippen LogP contribution in [0, 0.1) is 34.5 Å². The SMILES string of the molecule is CN1C(=O)CC[C@]2(C)[C@H]3CC[C@]4(C)[C@@H](C(=O)c5ccco5)CC[C@H]4[C@@H]3CC[C@@H]12. The van der Waals surface area contributed by atoms with E-state index in [2.05, 4.69) is 18.7 Å². The average molecular weight is 384 g/mol. The lowest BCUT2D eigenvalue weighted by Gasteiger charge is -2.61. The van der Waals surface area contributed by atoms with E-state index in [9.17, 15) is 9.59 Å². The molecule has 5 rings (SSSR count). The predicted octanol–water partition coefficient (Wildman–Crippen LogP) is 4.94. The van der Waals surface area contributed by atoms with Crippen molar-refractivity contribution in [3.05, 3.63) is 24.2 Å². The summed E-state index contributed by atoms with van der Waals surface area (Å²) in [5.74, 6) is 3.22. The van der Waals surface area contributed by atoms with Crippen LogP contribution in [0.5, 0.6) is 0 Å². The maximum atomic E-state index is 13.2. The number of Topliss-reactive ketones (excluding diaryl/α,β-unsaturated/α-hetero) is 1. The first-order valence-corrected chi connectivity index (χ1v) is 11.2. The van der Waals surface area contributed by atoms with Gasteiger partial charge in [0.15, 0.2) is 5.76 Å². The Morgan fingerprint density at radius 2 is 1.86 bits per heavy atom. The molecule has 3 aliphatic carbocycles. The van der Waals surface area contributed by atoms with Gasteiger partial charge in [0.2, 0.25) is 11.7 Å². The quantitative estimate of drug-likeness (QED) is 0.680. The minimum atomic E-state index is 0.102. The van der Waals surface area contributed by atoms with E-state index in [0.717, 1.165) is 25.7 Å². The smallest absolute Gasteiger partial charge is 0.222 e. The van der Waals surface area contributed by atoms with Gasteiger partial charge in [0.1, 0.15) is 0 Å². The van der Waals surface area contributed by atoms with E-state index in [0.29, 0.717) is 41.9 Å². The van der Waals surface area contributed by atoms with Crippen molar-refractivity contribution in [2.75, 3.05) is 7.05 Å². The lowest BCUT2D eigenvalue weighted by molar-refractivity contribution is -0.157. The van der Waals surface area contributed by atoms with Crippen LogP contribution in [0.1, 0.15) is 75.8 Å². The maximum Gasteiger partial charge on any atom is 0.222 e. The highest BCUT2D eigenvalue weighted by atomic mass is 16.3. The number of carbonyl (C=O) groups is 2. The van der Waals surface area contributed by atoms with E-state index >= 15 is 0 Å². The summed E-state index contributed by atoms with van der Waals surface area (Å²) in [5.41, 5.74) is 0.348. The molecule has 4 aliphatic rings. The number of hydrogen-bond donors (Lipinski definition) is 0. The molecule has 1 aromatic heterocycles. The summed E-state index contributed by atoms with van der Waals surface area (Å²) in [6.45, 7) is 4.85. The second-order valence-corrected chi connectivity index (χ2v) is 10.5. The lowest BCUT2D eigenvalue weighted by Crippen LogP contribution is -2.61. The number of rotatable bonds is 2. The first kappa shape index (κ1) is 18.4. The highest BCUT2D eigenvalue weighted by Crippen LogP contribution is 2.66. The molecule has 7 atom stereocenters. The highest BCUT2D eigenvalue weighted by molar-refractivity contribution is 5.96. The monoisotopic (exact) mass is 383 g/mol. The number of furan rings is 1. The standard InChI is InChI=1S/C24H33NO3/c1-23-12-10-17-15(6-9-20-24(17,2)13-11-21(26)25(20)3)16(23)7-8-18(23)22(27)19-5-4-14-28-19/h4-5,14-18,20H,6-13H2,1-3H3/t15-,16-,17-,18+,20+,23-,24+/m0/s1. The molecule has 0 aromatic carbocycles. The normalized spacial score (nSPS) is 45.3. The van der Waals surface area contributed by atoms with Crippen molar-refractivity contribution in [3.63, 3.8) is 0 Å². The fourth-order valence-corrected chi connectivity index (χ4v) is 8.17. The second-order valence-electron chi connectivity index (χ2n) is 10.5. The molecular formula is C24H33NO3. The van der Waals surface area contributed by atoms with E-state index in [1.807, 2.05) is 19.2 Å². The first-order chi connectivity index (χ1) is 13.4. The van der Waals surface area contributed by atoms with Gasteiger partial charge in [-0.3, -0.25) is 9.59 Å². The van der Waals surface area contributed by atoms with E-state index in [1.165, 1.54) is 19.3 Å². The topological polar surface area (TPSA) is 50.5 Å². The van der Waals surface area contributed by atoms with E-state index in [-0.39, 0.29) is 22.5 Å². The van der Waals surface area contributed by atoms with Crippen LogP contribution >= 0.6 is 0 Å². The second kappa shape index (κ2) is 6.21. The Morgan fingerprint density at radius 1 is 1.07 bits per heavy atom. The van der Waals surface area contributed by atoms with Crippen molar-refractivity contribution in [1.29, 1.82) is 0 Å². The minimum absolute atomic E-state index is 0.102. The van der Waals surface area contributed by atoms with Gasteiger partial charge in [0, 0.05) is 25.4 Å². The molecule has 28 heavy (non-hydrogen) atoms. The Kier molecular flexibility index (Phi) is 4.09. The number of nitrogens with zero attached hydrogens (tertiary/aromatic N) is 1. The maximum absolute atomic E-state index is 13.2. The molecule has 1 aliphatic heterocycles. The van der Waals surface area contributed by atoms with E-state index in [1.54, 1.807) is 6.26 Å². The summed E-state index contributed by atoms with van der Waals surface area (Å²) < 4.78 is 5.46. The zero-order valence-electron chi connectivity index (χ0n) is 17.4. The van der Waals surface area contributed by atoms with Gasteiger partial charge < -0.3 is 9.32 Å². The Balaban J connectivity index is 1.42. The van der Waals surface area contributed by atoms with Crippen molar-refractivity contribution in [2.24, 2.45) is 34.5 Å². The molecule has 3 saturated carbocycles. The molecule has 1 aromatic rings. The zero-order valence-corrected chi connectivity index (χ0v) is 17.4. The first-order valence-electron chi connectivity index (χ1n) is 11.2. The van der Waals surface area contributed by atoms with E-state index < -0.39 is 0 Å². The molecule has 0 bridgehead atoms. The third-order valence-corrected chi connectivity index (χ3v) is 9.64. The van der Waals surface area contributed by atoms with Gasteiger partial charge in [-0.25, -0.2) is 0 Å². The number of fused-ring (bicyclic) bond motifs is 5. The fraction of sp³-hybridized carbons (Fsp3) is 0.750. The van der Waals surface area contributed by atoms with Crippen LogP contribution in [0.15, 0.2) is 22.8 Å². The number of carbonyl (C=O) groups excluding carboxylic acids is 2. The van der Waals surface area contributed by atoms with Crippen LogP contribution in [-0.2, 0) is 4.79 Å². The number of ketones is 1. The molecule has 0 unspecified atom stereocenters. The van der Waals surface area contributed by atoms with Crippen LogP contribution in [0.2, 0.25) is 0 Å².